The summed E-state index contributed by atoms with van der Waals surface area (Å²) in [5.74, 6) is 0.279. The van der Waals surface area contributed by atoms with Gasteiger partial charge in [-0.3, -0.25) is 0 Å². The standard InChI is InChI=1S/C15H19FN4O3/c1-3-12(14-18-9(2)23-20-14)19-15(22)17-8-13(21)10-6-4-5-7-11(10)16/h4-7,12-13,21H,3,8H2,1-2H3,(H2,17,19,22). The topological polar surface area (TPSA) is 100 Å². The van der Waals surface area contributed by atoms with Crippen LogP contribution in [-0.2, 0) is 0 Å². The van der Waals surface area contributed by atoms with Gasteiger partial charge in [-0.2, -0.15) is 4.98 Å². The van der Waals surface area contributed by atoms with E-state index >= 15 is 0 Å². The first-order chi connectivity index (χ1) is 11.0. The molecule has 1 heterocycles. The number of halogens is 1. The van der Waals surface area contributed by atoms with Crippen LogP contribution in [0.1, 0.15) is 42.8 Å². The molecule has 2 atom stereocenters. The number of aliphatic hydroxyl groups excluding tert-OH is 1. The number of hydrogen-bond acceptors (Lipinski definition) is 5. The molecule has 0 aliphatic carbocycles. The van der Waals surface area contributed by atoms with Gasteiger partial charge >= 0.3 is 6.03 Å². The van der Waals surface area contributed by atoms with Crippen LogP contribution in [0.25, 0.3) is 0 Å². The molecule has 2 aromatic rings. The molecule has 8 heteroatoms. The molecule has 0 saturated carbocycles. The Morgan fingerprint density at radius 1 is 1.43 bits per heavy atom. The van der Waals surface area contributed by atoms with Crippen molar-refractivity contribution in [2.75, 3.05) is 6.54 Å². The Kier molecular flexibility index (Phi) is 5.64. The summed E-state index contributed by atoms with van der Waals surface area (Å²) in [5, 5.41) is 18.9. The number of rotatable bonds is 6. The van der Waals surface area contributed by atoms with E-state index in [1.807, 2.05) is 6.92 Å². The van der Waals surface area contributed by atoms with E-state index in [2.05, 4.69) is 20.8 Å². The van der Waals surface area contributed by atoms with Crippen LogP contribution in [0.5, 0.6) is 0 Å². The first-order valence-corrected chi connectivity index (χ1v) is 7.28. The second-order valence-corrected chi connectivity index (χ2v) is 5.02. The Morgan fingerprint density at radius 2 is 2.17 bits per heavy atom. The van der Waals surface area contributed by atoms with Crippen molar-refractivity contribution in [3.63, 3.8) is 0 Å². The van der Waals surface area contributed by atoms with Crippen molar-refractivity contribution < 1.29 is 18.8 Å². The molecule has 23 heavy (non-hydrogen) atoms. The zero-order valence-corrected chi connectivity index (χ0v) is 12.9. The normalized spacial score (nSPS) is 13.4. The van der Waals surface area contributed by atoms with Crippen LogP contribution in [0.2, 0.25) is 0 Å². The lowest BCUT2D eigenvalue weighted by molar-refractivity contribution is 0.168. The quantitative estimate of drug-likeness (QED) is 0.755. The van der Waals surface area contributed by atoms with Crippen LogP contribution in [0.3, 0.4) is 0 Å². The smallest absolute Gasteiger partial charge is 0.315 e. The van der Waals surface area contributed by atoms with Crippen LogP contribution in [0.4, 0.5) is 9.18 Å². The molecule has 7 nitrogen and oxygen atoms in total. The highest BCUT2D eigenvalue weighted by Gasteiger charge is 2.19. The van der Waals surface area contributed by atoms with Crippen molar-refractivity contribution in [1.82, 2.24) is 20.8 Å². The maximum absolute atomic E-state index is 13.5. The van der Waals surface area contributed by atoms with E-state index in [1.54, 1.807) is 13.0 Å². The van der Waals surface area contributed by atoms with Gasteiger partial charge in [-0.25, -0.2) is 9.18 Å². The van der Waals surface area contributed by atoms with Crippen LogP contribution in [-0.4, -0.2) is 27.8 Å². The van der Waals surface area contributed by atoms with Gasteiger partial charge in [0.2, 0.25) is 5.89 Å². The predicted octanol–water partition coefficient (Wildman–Crippen LogP) is 2.00. The van der Waals surface area contributed by atoms with E-state index in [1.165, 1.54) is 18.2 Å². The van der Waals surface area contributed by atoms with E-state index in [0.29, 0.717) is 18.1 Å². The molecule has 0 fully saturated rings. The largest absolute Gasteiger partial charge is 0.386 e. The minimum Gasteiger partial charge on any atom is -0.386 e. The highest BCUT2D eigenvalue weighted by molar-refractivity contribution is 5.74. The van der Waals surface area contributed by atoms with Crippen LogP contribution in [0, 0.1) is 12.7 Å². The highest BCUT2D eigenvalue weighted by atomic mass is 19.1. The van der Waals surface area contributed by atoms with Crippen molar-refractivity contribution in [3.05, 3.63) is 47.4 Å². The number of nitrogens with one attached hydrogen (secondary N) is 2. The third kappa shape index (κ3) is 4.49. The molecule has 0 saturated heterocycles. The third-order valence-corrected chi connectivity index (χ3v) is 3.29. The number of benzene rings is 1. The summed E-state index contributed by atoms with van der Waals surface area (Å²) in [6.45, 7) is 3.41. The molecule has 1 aromatic heterocycles. The number of carbonyl (C=O) groups excluding carboxylic acids is 1. The number of aryl methyl sites for hydroxylation is 1. The number of nitrogens with zero attached hydrogens (tertiary/aromatic N) is 2. The Bertz CT molecular complexity index is 662. The number of urea groups is 1. The Labute approximate surface area is 132 Å². The van der Waals surface area contributed by atoms with Gasteiger partial charge in [0.15, 0.2) is 5.82 Å². The van der Waals surface area contributed by atoms with Gasteiger partial charge in [-0.05, 0) is 12.5 Å². The molecule has 0 spiro atoms. The maximum atomic E-state index is 13.5. The summed E-state index contributed by atoms with van der Waals surface area (Å²) in [6.07, 6.45) is -0.558. The average molecular weight is 322 g/mol. The minimum absolute atomic E-state index is 0.117. The average Bonchev–Trinajstić information content (AvgIpc) is 2.97. The third-order valence-electron chi connectivity index (χ3n) is 3.29. The van der Waals surface area contributed by atoms with Crippen molar-refractivity contribution in [2.24, 2.45) is 0 Å². The molecule has 124 valence electrons. The number of aromatic nitrogens is 2. The van der Waals surface area contributed by atoms with Crippen LogP contribution >= 0.6 is 0 Å². The first kappa shape index (κ1) is 16.9. The second kappa shape index (κ2) is 7.68. The van der Waals surface area contributed by atoms with E-state index in [-0.39, 0.29) is 12.1 Å². The predicted molar refractivity (Wildman–Crippen MR) is 80.0 cm³/mol. The van der Waals surface area contributed by atoms with Gasteiger partial charge < -0.3 is 20.3 Å². The van der Waals surface area contributed by atoms with Gasteiger partial charge in [0.25, 0.3) is 0 Å². The molecule has 0 aliphatic heterocycles. The molecular weight excluding hydrogens is 303 g/mol. The van der Waals surface area contributed by atoms with Crippen LogP contribution in [0.15, 0.2) is 28.8 Å². The summed E-state index contributed by atoms with van der Waals surface area (Å²) in [4.78, 5) is 16.0. The van der Waals surface area contributed by atoms with E-state index < -0.39 is 24.0 Å². The summed E-state index contributed by atoms with van der Waals surface area (Å²) in [6, 6.07) is 4.96. The minimum atomic E-state index is -1.13. The molecule has 0 bridgehead atoms. The zero-order chi connectivity index (χ0) is 16.8. The van der Waals surface area contributed by atoms with Gasteiger partial charge in [0.1, 0.15) is 5.82 Å². The fraction of sp³-hybridized carbons (Fsp3) is 0.400. The Balaban J connectivity index is 1.88. The number of carbonyl (C=O) groups is 1. The van der Waals surface area contributed by atoms with Crippen LogP contribution < -0.4 is 10.6 Å². The number of amides is 2. The molecule has 2 rings (SSSR count). The number of aliphatic hydroxyl groups is 1. The molecule has 2 unspecified atom stereocenters. The molecule has 0 aliphatic rings. The summed E-state index contributed by atoms with van der Waals surface area (Å²) in [7, 11) is 0. The van der Waals surface area contributed by atoms with E-state index in [4.69, 9.17) is 4.52 Å². The van der Waals surface area contributed by atoms with Gasteiger partial charge in [0.05, 0.1) is 12.1 Å². The van der Waals surface area contributed by atoms with Gasteiger partial charge in [-0.15, -0.1) is 0 Å². The Hall–Kier alpha value is -2.48. The molecular formula is C15H19FN4O3. The van der Waals surface area contributed by atoms with Crippen molar-refractivity contribution in [3.8, 4) is 0 Å². The monoisotopic (exact) mass is 322 g/mol. The molecule has 1 aromatic carbocycles. The lowest BCUT2D eigenvalue weighted by Crippen LogP contribution is -2.40. The van der Waals surface area contributed by atoms with E-state index in [0.717, 1.165) is 0 Å². The molecule has 2 amide bonds. The second-order valence-electron chi connectivity index (χ2n) is 5.02. The van der Waals surface area contributed by atoms with E-state index in [9.17, 15) is 14.3 Å². The van der Waals surface area contributed by atoms with Crippen molar-refractivity contribution in [2.45, 2.75) is 32.4 Å². The lowest BCUT2D eigenvalue weighted by atomic mass is 10.1. The van der Waals surface area contributed by atoms with Gasteiger partial charge in [-0.1, -0.05) is 30.3 Å². The molecule has 0 radical (unpaired) electrons. The first-order valence-electron chi connectivity index (χ1n) is 7.28. The van der Waals surface area contributed by atoms with Crippen molar-refractivity contribution in [1.29, 1.82) is 0 Å². The fourth-order valence-electron chi connectivity index (χ4n) is 2.06. The zero-order valence-electron chi connectivity index (χ0n) is 12.9. The lowest BCUT2D eigenvalue weighted by Gasteiger charge is -2.16. The summed E-state index contributed by atoms with van der Waals surface area (Å²) in [5.41, 5.74) is 0.133. The highest BCUT2D eigenvalue weighted by Crippen LogP contribution is 2.16. The summed E-state index contributed by atoms with van der Waals surface area (Å²) >= 11 is 0. The fourth-order valence-corrected chi connectivity index (χ4v) is 2.06. The summed E-state index contributed by atoms with van der Waals surface area (Å²) < 4.78 is 18.4. The Morgan fingerprint density at radius 3 is 2.78 bits per heavy atom. The molecule has 3 N–H and O–H groups in total. The number of hydrogen-bond donors (Lipinski definition) is 3. The van der Waals surface area contributed by atoms with Crippen molar-refractivity contribution >= 4 is 6.03 Å². The van der Waals surface area contributed by atoms with Gasteiger partial charge in [0, 0.05) is 19.0 Å². The SMILES string of the molecule is CCC(NC(=O)NCC(O)c1ccccc1F)c1noc(C)n1. The maximum Gasteiger partial charge on any atom is 0.315 e.